The quantitative estimate of drug-likeness (QED) is 0.692. The van der Waals surface area contributed by atoms with Gasteiger partial charge in [-0.1, -0.05) is 17.7 Å². The molecule has 154 valence electrons. The lowest BCUT2D eigenvalue weighted by Crippen LogP contribution is -2.50. The van der Waals surface area contributed by atoms with E-state index in [0.29, 0.717) is 32.0 Å². The van der Waals surface area contributed by atoms with E-state index in [9.17, 15) is 4.79 Å². The van der Waals surface area contributed by atoms with Gasteiger partial charge < -0.3 is 20.4 Å². The van der Waals surface area contributed by atoms with Crippen molar-refractivity contribution < 1.29 is 4.79 Å². The van der Waals surface area contributed by atoms with Crippen LogP contribution in [0.2, 0.25) is 0 Å². The van der Waals surface area contributed by atoms with E-state index in [4.69, 9.17) is 0 Å². The van der Waals surface area contributed by atoms with Crippen molar-refractivity contribution >= 4 is 29.2 Å². The number of carbonyl (C=O) groups excluding carboxylic acids is 1. The first-order valence-corrected chi connectivity index (χ1v) is 9.96. The Morgan fingerprint density at radius 3 is 2.33 bits per heavy atom. The first kappa shape index (κ1) is 19.6. The second kappa shape index (κ2) is 8.77. The summed E-state index contributed by atoms with van der Waals surface area (Å²) < 4.78 is 0. The predicted octanol–water partition coefficient (Wildman–Crippen LogP) is 3.59. The number of piperazine rings is 1. The number of amides is 2. The minimum absolute atomic E-state index is 0.0749. The Bertz CT molecular complexity index is 1010. The van der Waals surface area contributed by atoms with Crippen molar-refractivity contribution in [1.29, 1.82) is 0 Å². The zero-order chi connectivity index (χ0) is 20.9. The van der Waals surface area contributed by atoms with Crippen LogP contribution in [0.15, 0.2) is 55.0 Å². The highest BCUT2D eigenvalue weighted by atomic mass is 16.2. The van der Waals surface area contributed by atoms with Gasteiger partial charge in [0.15, 0.2) is 0 Å². The fraction of sp³-hybridized carbons (Fsp3) is 0.273. The van der Waals surface area contributed by atoms with E-state index in [1.54, 1.807) is 12.5 Å². The van der Waals surface area contributed by atoms with E-state index in [-0.39, 0.29) is 6.03 Å². The number of pyridine rings is 1. The molecule has 4 rings (SSSR count). The molecule has 3 aromatic rings. The number of anilines is 4. The summed E-state index contributed by atoms with van der Waals surface area (Å²) in [4.78, 5) is 29.5. The van der Waals surface area contributed by atoms with Crippen LogP contribution in [0.4, 0.5) is 27.9 Å². The van der Waals surface area contributed by atoms with Crippen LogP contribution in [-0.4, -0.2) is 52.1 Å². The molecule has 2 aromatic heterocycles. The van der Waals surface area contributed by atoms with Gasteiger partial charge in [0.25, 0.3) is 0 Å². The van der Waals surface area contributed by atoms with Crippen LogP contribution in [0.1, 0.15) is 11.1 Å². The number of aryl methyl sites for hydroxylation is 2. The lowest BCUT2D eigenvalue weighted by molar-refractivity contribution is 0.208. The molecular formula is C22H25N7O. The molecule has 0 atom stereocenters. The van der Waals surface area contributed by atoms with Gasteiger partial charge in [-0.3, -0.25) is 0 Å². The van der Waals surface area contributed by atoms with E-state index >= 15 is 0 Å². The summed E-state index contributed by atoms with van der Waals surface area (Å²) in [5.41, 5.74) is 3.10. The molecule has 30 heavy (non-hydrogen) atoms. The molecule has 2 N–H and O–H groups in total. The Hall–Kier alpha value is -3.68. The third-order valence-electron chi connectivity index (χ3n) is 5.02. The van der Waals surface area contributed by atoms with Gasteiger partial charge in [0.1, 0.15) is 23.8 Å². The molecule has 0 spiro atoms. The van der Waals surface area contributed by atoms with Gasteiger partial charge in [0.05, 0.1) is 0 Å². The summed E-state index contributed by atoms with van der Waals surface area (Å²) in [6.45, 7) is 6.72. The monoisotopic (exact) mass is 403 g/mol. The number of urea groups is 1. The first-order valence-electron chi connectivity index (χ1n) is 9.96. The summed E-state index contributed by atoms with van der Waals surface area (Å²) in [6.07, 6.45) is 3.31. The maximum absolute atomic E-state index is 12.5. The van der Waals surface area contributed by atoms with Crippen LogP contribution < -0.4 is 15.5 Å². The number of hydrogen-bond acceptors (Lipinski definition) is 6. The van der Waals surface area contributed by atoms with Crippen molar-refractivity contribution in [2.24, 2.45) is 0 Å². The molecule has 0 unspecified atom stereocenters. The lowest BCUT2D eigenvalue weighted by Gasteiger charge is -2.35. The van der Waals surface area contributed by atoms with E-state index in [2.05, 4.69) is 30.5 Å². The van der Waals surface area contributed by atoms with Gasteiger partial charge in [-0.25, -0.2) is 19.7 Å². The second-order valence-corrected chi connectivity index (χ2v) is 7.38. The standard InChI is InChI=1S/C22H25N7O/c1-16-3-5-18(6-4-16)26-22(30)29-11-9-28(10-12-29)21-14-20(24-15-25-21)27-19-13-17(2)7-8-23-19/h3-8,13-15H,9-12H2,1-2H3,(H,26,30)(H,23,24,25,27). The molecule has 2 amide bonds. The lowest BCUT2D eigenvalue weighted by atomic mass is 10.2. The minimum atomic E-state index is -0.0749. The van der Waals surface area contributed by atoms with Crippen LogP contribution in [-0.2, 0) is 0 Å². The Labute approximate surface area is 176 Å². The molecule has 0 saturated carbocycles. The Balaban J connectivity index is 1.34. The Morgan fingerprint density at radius 2 is 1.60 bits per heavy atom. The third-order valence-corrected chi connectivity index (χ3v) is 5.02. The topological polar surface area (TPSA) is 86.3 Å². The number of rotatable bonds is 4. The van der Waals surface area contributed by atoms with E-state index in [1.807, 2.05) is 61.2 Å². The average Bonchev–Trinajstić information content (AvgIpc) is 2.76. The molecule has 0 bridgehead atoms. The first-order chi connectivity index (χ1) is 14.6. The number of nitrogens with one attached hydrogen (secondary N) is 2. The highest BCUT2D eigenvalue weighted by Crippen LogP contribution is 2.19. The van der Waals surface area contributed by atoms with Crippen LogP contribution in [0, 0.1) is 13.8 Å². The molecular weight excluding hydrogens is 378 g/mol. The number of benzene rings is 1. The smallest absolute Gasteiger partial charge is 0.321 e. The van der Waals surface area contributed by atoms with Gasteiger partial charge in [-0.2, -0.15) is 0 Å². The molecule has 1 aliphatic heterocycles. The maximum Gasteiger partial charge on any atom is 0.321 e. The summed E-state index contributed by atoms with van der Waals surface area (Å²) in [6, 6.07) is 13.6. The molecule has 1 aromatic carbocycles. The number of nitrogens with zero attached hydrogens (tertiary/aromatic N) is 5. The van der Waals surface area contributed by atoms with Gasteiger partial charge in [-0.15, -0.1) is 0 Å². The van der Waals surface area contributed by atoms with Crippen molar-refractivity contribution in [3.8, 4) is 0 Å². The summed E-state index contributed by atoms with van der Waals surface area (Å²) in [5, 5.41) is 6.18. The normalized spacial score (nSPS) is 13.8. The van der Waals surface area contributed by atoms with Crippen molar-refractivity contribution in [3.05, 3.63) is 66.1 Å². The third kappa shape index (κ3) is 4.83. The molecule has 1 fully saturated rings. The van der Waals surface area contributed by atoms with E-state index < -0.39 is 0 Å². The fourth-order valence-electron chi connectivity index (χ4n) is 3.30. The molecule has 0 radical (unpaired) electrons. The molecule has 8 heteroatoms. The van der Waals surface area contributed by atoms with Crippen molar-refractivity contribution in [1.82, 2.24) is 19.9 Å². The average molecular weight is 403 g/mol. The zero-order valence-corrected chi connectivity index (χ0v) is 17.2. The SMILES string of the molecule is Cc1ccc(NC(=O)N2CCN(c3cc(Nc4cc(C)ccn4)ncn3)CC2)cc1. The molecule has 1 aliphatic rings. The molecule has 3 heterocycles. The van der Waals surface area contributed by atoms with Gasteiger partial charge in [0.2, 0.25) is 0 Å². The highest BCUT2D eigenvalue weighted by molar-refractivity contribution is 5.89. The molecule has 1 saturated heterocycles. The van der Waals surface area contributed by atoms with Crippen molar-refractivity contribution in [2.75, 3.05) is 41.7 Å². The van der Waals surface area contributed by atoms with Gasteiger partial charge >= 0.3 is 6.03 Å². The molecule has 8 nitrogen and oxygen atoms in total. The maximum atomic E-state index is 12.5. The van der Waals surface area contributed by atoms with Crippen molar-refractivity contribution in [3.63, 3.8) is 0 Å². The van der Waals surface area contributed by atoms with Gasteiger partial charge in [-0.05, 0) is 43.7 Å². The van der Waals surface area contributed by atoms with Crippen LogP contribution in [0.3, 0.4) is 0 Å². The van der Waals surface area contributed by atoms with E-state index in [1.165, 1.54) is 5.56 Å². The largest absolute Gasteiger partial charge is 0.353 e. The van der Waals surface area contributed by atoms with Crippen LogP contribution >= 0.6 is 0 Å². The van der Waals surface area contributed by atoms with Crippen LogP contribution in [0.25, 0.3) is 0 Å². The minimum Gasteiger partial charge on any atom is -0.353 e. The Kier molecular flexibility index (Phi) is 5.74. The van der Waals surface area contributed by atoms with Crippen molar-refractivity contribution in [2.45, 2.75) is 13.8 Å². The Morgan fingerprint density at radius 1 is 0.867 bits per heavy atom. The fourth-order valence-corrected chi connectivity index (χ4v) is 3.30. The summed E-state index contributed by atoms with van der Waals surface area (Å²) in [5.74, 6) is 2.27. The number of hydrogen-bond donors (Lipinski definition) is 2. The van der Waals surface area contributed by atoms with E-state index in [0.717, 1.165) is 22.9 Å². The highest BCUT2D eigenvalue weighted by Gasteiger charge is 2.22. The van der Waals surface area contributed by atoms with Crippen LogP contribution in [0.5, 0.6) is 0 Å². The second-order valence-electron chi connectivity index (χ2n) is 7.38. The number of carbonyl (C=O) groups is 1. The summed E-state index contributed by atoms with van der Waals surface area (Å²) >= 11 is 0. The molecule has 0 aliphatic carbocycles. The van der Waals surface area contributed by atoms with Gasteiger partial charge in [0, 0.05) is 44.1 Å². The summed E-state index contributed by atoms with van der Waals surface area (Å²) in [7, 11) is 0. The zero-order valence-electron chi connectivity index (χ0n) is 17.2. The predicted molar refractivity (Wildman–Crippen MR) is 118 cm³/mol. The number of aromatic nitrogens is 3.